The first-order valence-corrected chi connectivity index (χ1v) is 2.91. The van der Waals surface area contributed by atoms with E-state index in [9.17, 15) is 0 Å². The zero-order valence-corrected chi connectivity index (χ0v) is 7.74. The van der Waals surface area contributed by atoms with E-state index in [4.69, 9.17) is 0 Å². The van der Waals surface area contributed by atoms with Crippen LogP contribution in [0.2, 0.25) is 0 Å². The zero-order chi connectivity index (χ0) is 4.83. The van der Waals surface area contributed by atoms with E-state index in [1.165, 1.54) is 25.7 Å². The molecule has 0 unspecified atom stereocenters. The van der Waals surface area contributed by atoms with Crippen LogP contribution in [0.15, 0.2) is 0 Å². The minimum atomic E-state index is 0. The molecule has 0 rings (SSSR count). The van der Waals surface area contributed by atoms with Crippen LogP contribution in [0.3, 0.4) is 0 Å². The molecular weight excluding hydrogens is 112 g/mol. The summed E-state index contributed by atoms with van der Waals surface area (Å²) in [7, 11) is 0. The Balaban J connectivity index is -0.0000000417. The molecule has 0 aromatic rings. The first-order chi connectivity index (χ1) is 2.91. The van der Waals surface area contributed by atoms with Crippen molar-refractivity contribution in [2.45, 2.75) is 39.5 Å². The normalized spacial score (nSPS) is 7.71. The second-order valence-corrected chi connectivity index (χ2v) is 1.71. The van der Waals surface area contributed by atoms with Gasteiger partial charge in [0.15, 0.2) is 0 Å². The SMILES string of the molecule is CCCCCC.[Ca+2].[H-].[H-]. The van der Waals surface area contributed by atoms with Gasteiger partial charge in [-0.25, -0.2) is 0 Å². The quantitative estimate of drug-likeness (QED) is 0.404. The van der Waals surface area contributed by atoms with Crippen LogP contribution in [0.1, 0.15) is 42.4 Å². The average molecular weight is 128 g/mol. The van der Waals surface area contributed by atoms with Gasteiger partial charge in [0, 0.05) is 0 Å². The van der Waals surface area contributed by atoms with E-state index >= 15 is 0 Å². The summed E-state index contributed by atoms with van der Waals surface area (Å²) < 4.78 is 0. The molecule has 0 fully saturated rings. The van der Waals surface area contributed by atoms with Crippen LogP contribution in [-0.2, 0) is 0 Å². The summed E-state index contributed by atoms with van der Waals surface area (Å²) in [4.78, 5) is 0. The Labute approximate surface area is 79.6 Å². The van der Waals surface area contributed by atoms with Crippen molar-refractivity contribution >= 4 is 37.7 Å². The summed E-state index contributed by atoms with van der Waals surface area (Å²) in [5.74, 6) is 0. The topological polar surface area (TPSA) is 0 Å². The fourth-order valence-electron chi connectivity index (χ4n) is 0.500. The van der Waals surface area contributed by atoms with E-state index in [-0.39, 0.29) is 40.6 Å². The van der Waals surface area contributed by atoms with Gasteiger partial charge in [-0.1, -0.05) is 39.5 Å². The molecule has 0 aromatic heterocycles. The average Bonchev–Trinajstić information content (AvgIpc) is 1.61. The Morgan fingerprint density at radius 1 is 1.00 bits per heavy atom. The molecule has 1 heteroatoms. The predicted octanol–water partition coefficient (Wildman–Crippen LogP) is 2.43. The molecule has 0 aliphatic rings. The van der Waals surface area contributed by atoms with Crippen LogP contribution in [-0.4, -0.2) is 37.7 Å². The third kappa shape index (κ3) is 11.1. The van der Waals surface area contributed by atoms with E-state index < -0.39 is 0 Å². The number of hydrogen-bond acceptors (Lipinski definition) is 0. The summed E-state index contributed by atoms with van der Waals surface area (Å²) in [5.41, 5.74) is 0. The molecule has 0 saturated carbocycles. The summed E-state index contributed by atoms with van der Waals surface area (Å²) in [6, 6.07) is 0. The maximum Gasteiger partial charge on any atom is 2.00 e. The zero-order valence-electron chi connectivity index (χ0n) is 7.54. The monoisotopic (exact) mass is 128 g/mol. The summed E-state index contributed by atoms with van der Waals surface area (Å²) >= 11 is 0. The molecule has 0 aliphatic heterocycles. The van der Waals surface area contributed by atoms with Crippen LogP contribution in [0.5, 0.6) is 0 Å². The van der Waals surface area contributed by atoms with Gasteiger partial charge in [0.2, 0.25) is 0 Å². The fourth-order valence-corrected chi connectivity index (χ4v) is 0.500. The Kier molecular flexibility index (Phi) is 16.3. The molecule has 0 aromatic carbocycles. The van der Waals surface area contributed by atoms with Gasteiger partial charge in [-0.15, -0.1) is 0 Å². The molecule has 0 atom stereocenters. The molecule has 0 nitrogen and oxygen atoms in total. The number of unbranched alkanes of at least 4 members (excludes halogenated alkanes) is 3. The molecule has 0 heterocycles. The molecule has 42 valence electrons. The van der Waals surface area contributed by atoms with Crippen LogP contribution in [0, 0.1) is 0 Å². The molecule has 0 amide bonds. The third-order valence-electron chi connectivity index (χ3n) is 0.957. The maximum atomic E-state index is 2.23. The second-order valence-electron chi connectivity index (χ2n) is 1.71. The van der Waals surface area contributed by atoms with Crippen LogP contribution < -0.4 is 0 Å². The molecular formula is C6H16Ca. The number of rotatable bonds is 3. The van der Waals surface area contributed by atoms with E-state index in [0.717, 1.165) is 0 Å². The standard InChI is InChI=1S/C6H14.Ca.2H/c1-3-5-6-4-2;;;/h3-6H2,1-2H3;;;/q;+2;2*-1. The van der Waals surface area contributed by atoms with Crippen molar-refractivity contribution in [2.75, 3.05) is 0 Å². The molecule has 0 N–H and O–H groups in total. The van der Waals surface area contributed by atoms with E-state index in [0.29, 0.717) is 0 Å². The number of hydrogen-bond donors (Lipinski definition) is 0. The van der Waals surface area contributed by atoms with Crippen molar-refractivity contribution < 1.29 is 2.85 Å². The molecule has 7 heavy (non-hydrogen) atoms. The first-order valence-electron chi connectivity index (χ1n) is 2.91. The summed E-state index contributed by atoms with van der Waals surface area (Å²) in [6.45, 7) is 4.46. The Bertz CT molecular complexity index is 23.0. The molecule has 0 spiro atoms. The van der Waals surface area contributed by atoms with Gasteiger partial charge in [-0.05, 0) is 0 Å². The molecule has 0 bridgehead atoms. The van der Waals surface area contributed by atoms with Crippen LogP contribution in [0.4, 0.5) is 0 Å². The van der Waals surface area contributed by atoms with Crippen molar-refractivity contribution in [3.8, 4) is 0 Å². The van der Waals surface area contributed by atoms with Crippen molar-refractivity contribution in [1.82, 2.24) is 0 Å². The van der Waals surface area contributed by atoms with Gasteiger partial charge in [0.05, 0.1) is 0 Å². The maximum absolute atomic E-state index is 2.23. The predicted molar refractivity (Wildman–Crippen MR) is 37.8 cm³/mol. The smallest absolute Gasteiger partial charge is 1.00 e. The van der Waals surface area contributed by atoms with Crippen molar-refractivity contribution in [3.63, 3.8) is 0 Å². The largest absolute Gasteiger partial charge is 2.00 e. The van der Waals surface area contributed by atoms with Gasteiger partial charge in [0.1, 0.15) is 0 Å². The third-order valence-corrected chi connectivity index (χ3v) is 0.957. The summed E-state index contributed by atoms with van der Waals surface area (Å²) in [6.07, 6.45) is 5.54. The van der Waals surface area contributed by atoms with Gasteiger partial charge in [-0.3, -0.25) is 0 Å². The Morgan fingerprint density at radius 2 is 1.29 bits per heavy atom. The summed E-state index contributed by atoms with van der Waals surface area (Å²) in [5, 5.41) is 0. The van der Waals surface area contributed by atoms with Crippen LogP contribution in [0.25, 0.3) is 0 Å². The Morgan fingerprint density at radius 3 is 1.43 bits per heavy atom. The van der Waals surface area contributed by atoms with Crippen molar-refractivity contribution in [3.05, 3.63) is 0 Å². The van der Waals surface area contributed by atoms with Gasteiger partial charge in [-0.2, -0.15) is 0 Å². The van der Waals surface area contributed by atoms with Crippen LogP contribution >= 0.6 is 0 Å². The minimum absolute atomic E-state index is 0. The van der Waals surface area contributed by atoms with E-state index in [2.05, 4.69) is 13.8 Å². The Hall–Kier alpha value is 1.26. The van der Waals surface area contributed by atoms with Gasteiger partial charge in [0.25, 0.3) is 0 Å². The van der Waals surface area contributed by atoms with E-state index in [1.807, 2.05) is 0 Å². The first kappa shape index (κ1) is 11.1. The van der Waals surface area contributed by atoms with Gasteiger partial charge < -0.3 is 2.85 Å². The van der Waals surface area contributed by atoms with E-state index in [1.54, 1.807) is 0 Å². The van der Waals surface area contributed by atoms with Gasteiger partial charge >= 0.3 is 37.7 Å². The molecule has 0 radical (unpaired) electrons. The van der Waals surface area contributed by atoms with Crippen molar-refractivity contribution in [1.29, 1.82) is 0 Å². The van der Waals surface area contributed by atoms with Crippen molar-refractivity contribution in [2.24, 2.45) is 0 Å². The molecule has 0 aliphatic carbocycles. The minimum Gasteiger partial charge on any atom is -1.00 e. The molecule has 0 saturated heterocycles. The fraction of sp³-hybridized carbons (Fsp3) is 1.00. The second kappa shape index (κ2) is 10.3.